The van der Waals surface area contributed by atoms with Gasteiger partial charge in [-0.25, -0.2) is 4.79 Å². The summed E-state index contributed by atoms with van der Waals surface area (Å²) in [5.74, 6) is 0.979. The van der Waals surface area contributed by atoms with Crippen LogP contribution in [-0.4, -0.2) is 25.3 Å². The molecule has 0 spiro atoms. The number of ether oxygens (including phenoxy) is 3. The first-order valence-electron chi connectivity index (χ1n) is 10.2. The fourth-order valence-corrected chi connectivity index (χ4v) is 3.12. The van der Waals surface area contributed by atoms with Crippen molar-refractivity contribution in [2.24, 2.45) is 0 Å². The van der Waals surface area contributed by atoms with E-state index >= 15 is 0 Å². The largest absolute Gasteiger partial charge is 0.489 e. The van der Waals surface area contributed by atoms with Gasteiger partial charge in [-0.2, -0.15) is 0 Å². The van der Waals surface area contributed by atoms with E-state index in [9.17, 15) is 4.79 Å². The first-order valence-corrected chi connectivity index (χ1v) is 10.2. The van der Waals surface area contributed by atoms with Gasteiger partial charge in [0.05, 0.1) is 6.61 Å². The van der Waals surface area contributed by atoms with Crippen molar-refractivity contribution >= 4 is 5.97 Å². The van der Waals surface area contributed by atoms with Gasteiger partial charge in [0.25, 0.3) is 0 Å². The smallest absolute Gasteiger partial charge is 0.334 e. The minimum Gasteiger partial charge on any atom is -0.489 e. The van der Waals surface area contributed by atoms with Crippen molar-refractivity contribution in [2.75, 3.05) is 13.2 Å². The van der Waals surface area contributed by atoms with Gasteiger partial charge in [0.2, 0.25) is 0 Å². The predicted molar refractivity (Wildman–Crippen MR) is 112 cm³/mol. The van der Waals surface area contributed by atoms with Gasteiger partial charge in [-0.3, -0.25) is 0 Å². The van der Waals surface area contributed by atoms with Crippen LogP contribution in [0.15, 0.2) is 54.6 Å². The summed E-state index contributed by atoms with van der Waals surface area (Å²) in [6.07, 6.45) is 2.55. The molecule has 4 heteroatoms. The second kappa shape index (κ2) is 12.2. The molecule has 0 radical (unpaired) electrons. The van der Waals surface area contributed by atoms with Crippen molar-refractivity contribution in [3.8, 4) is 5.75 Å². The normalized spacial score (nSPS) is 13.0. The Bertz CT molecular complexity index is 682. The van der Waals surface area contributed by atoms with Gasteiger partial charge in [0.15, 0.2) is 6.10 Å². The van der Waals surface area contributed by atoms with Crippen LogP contribution in [0.4, 0.5) is 0 Å². The molecule has 2 rings (SSSR count). The summed E-state index contributed by atoms with van der Waals surface area (Å²) in [5.41, 5.74) is 2.43. The molecule has 152 valence electrons. The zero-order valence-corrected chi connectivity index (χ0v) is 17.2. The lowest BCUT2D eigenvalue weighted by atomic mass is 9.92. The number of benzene rings is 2. The summed E-state index contributed by atoms with van der Waals surface area (Å²) >= 11 is 0. The number of carbonyl (C=O) groups excluding carboxylic acids is 1. The van der Waals surface area contributed by atoms with Crippen LogP contribution < -0.4 is 4.74 Å². The summed E-state index contributed by atoms with van der Waals surface area (Å²) in [4.78, 5) is 11.7. The second-order valence-electron chi connectivity index (χ2n) is 6.88. The summed E-state index contributed by atoms with van der Waals surface area (Å²) in [6.45, 7) is 7.21. The Morgan fingerprint density at radius 2 is 1.68 bits per heavy atom. The molecule has 2 unspecified atom stereocenters. The van der Waals surface area contributed by atoms with E-state index in [1.54, 1.807) is 13.8 Å². The van der Waals surface area contributed by atoms with Crippen LogP contribution in [0.3, 0.4) is 0 Å². The second-order valence-corrected chi connectivity index (χ2v) is 6.88. The fraction of sp³-hybridized carbons (Fsp3) is 0.458. The van der Waals surface area contributed by atoms with Crippen molar-refractivity contribution in [3.05, 3.63) is 65.7 Å². The summed E-state index contributed by atoms with van der Waals surface area (Å²) in [7, 11) is 0. The standard InChI is InChI=1S/C24H32O4/c1-4-9-21(16-17-27-19(3)24(25)26-5-2)22-12-14-23(15-13-22)28-18-20-10-7-6-8-11-20/h6-8,10-15,19,21H,4-5,9,16-18H2,1-3H3. The molecule has 0 heterocycles. The van der Waals surface area contributed by atoms with Crippen LogP contribution in [0.25, 0.3) is 0 Å². The van der Waals surface area contributed by atoms with E-state index in [1.165, 1.54) is 5.56 Å². The van der Waals surface area contributed by atoms with Crippen LogP contribution in [-0.2, 0) is 20.9 Å². The number of carbonyl (C=O) groups is 1. The highest BCUT2D eigenvalue weighted by Crippen LogP contribution is 2.27. The SMILES string of the molecule is CCCC(CCOC(C)C(=O)OCC)c1ccc(OCc2ccccc2)cc1. The minimum absolute atomic E-state index is 0.297. The highest BCUT2D eigenvalue weighted by Gasteiger charge is 2.16. The number of hydrogen-bond acceptors (Lipinski definition) is 4. The zero-order valence-electron chi connectivity index (χ0n) is 17.2. The van der Waals surface area contributed by atoms with E-state index in [0.717, 1.165) is 30.6 Å². The lowest BCUT2D eigenvalue weighted by molar-refractivity contribution is -0.155. The Hall–Kier alpha value is -2.33. The molecule has 0 fully saturated rings. The molecule has 2 aromatic rings. The van der Waals surface area contributed by atoms with Crippen molar-refractivity contribution in [1.29, 1.82) is 0 Å². The van der Waals surface area contributed by atoms with E-state index < -0.39 is 6.10 Å². The maximum absolute atomic E-state index is 11.7. The lowest BCUT2D eigenvalue weighted by Crippen LogP contribution is -2.24. The van der Waals surface area contributed by atoms with Gasteiger partial charge >= 0.3 is 5.97 Å². The molecular weight excluding hydrogens is 352 g/mol. The van der Waals surface area contributed by atoms with Crippen molar-refractivity contribution in [2.45, 2.75) is 58.7 Å². The average Bonchev–Trinajstić information content (AvgIpc) is 2.73. The average molecular weight is 385 g/mol. The van der Waals surface area contributed by atoms with Crippen molar-refractivity contribution in [3.63, 3.8) is 0 Å². The lowest BCUT2D eigenvalue weighted by Gasteiger charge is -2.19. The topological polar surface area (TPSA) is 44.8 Å². The first-order chi connectivity index (χ1) is 13.6. The molecule has 0 aromatic heterocycles. The molecule has 0 N–H and O–H groups in total. The molecule has 0 amide bonds. The van der Waals surface area contributed by atoms with Gasteiger partial charge < -0.3 is 14.2 Å². The van der Waals surface area contributed by atoms with Gasteiger partial charge in [-0.15, -0.1) is 0 Å². The number of hydrogen-bond donors (Lipinski definition) is 0. The first kappa shape index (κ1) is 22.0. The Balaban J connectivity index is 1.85. The zero-order chi connectivity index (χ0) is 20.2. The Labute approximate surface area is 168 Å². The van der Waals surface area contributed by atoms with E-state index in [0.29, 0.717) is 25.7 Å². The third-order valence-corrected chi connectivity index (χ3v) is 4.69. The van der Waals surface area contributed by atoms with Gasteiger partial charge in [0, 0.05) is 6.61 Å². The van der Waals surface area contributed by atoms with Crippen LogP contribution in [0.1, 0.15) is 57.1 Å². The van der Waals surface area contributed by atoms with Gasteiger partial charge in [-0.1, -0.05) is 55.8 Å². The Kier molecular flexibility index (Phi) is 9.56. The molecule has 0 saturated heterocycles. The van der Waals surface area contributed by atoms with E-state index in [-0.39, 0.29) is 5.97 Å². The molecule has 0 bridgehead atoms. The minimum atomic E-state index is -0.518. The quantitative estimate of drug-likeness (QED) is 0.453. The van der Waals surface area contributed by atoms with Crippen molar-refractivity contribution in [1.82, 2.24) is 0 Å². The third-order valence-electron chi connectivity index (χ3n) is 4.69. The number of rotatable bonds is 12. The molecule has 4 nitrogen and oxygen atoms in total. The van der Waals surface area contributed by atoms with Crippen LogP contribution >= 0.6 is 0 Å². The van der Waals surface area contributed by atoms with Crippen LogP contribution in [0, 0.1) is 0 Å². The van der Waals surface area contributed by atoms with Crippen molar-refractivity contribution < 1.29 is 19.0 Å². The Morgan fingerprint density at radius 1 is 0.964 bits per heavy atom. The highest BCUT2D eigenvalue weighted by molar-refractivity contribution is 5.74. The van der Waals surface area contributed by atoms with E-state index in [1.807, 2.05) is 30.3 Å². The third kappa shape index (κ3) is 7.35. The fourth-order valence-electron chi connectivity index (χ4n) is 3.12. The molecule has 2 atom stereocenters. The summed E-state index contributed by atoms with van der Waals surface area (Å²) in [6, 6.07) is 18.5. The van der Waals surface area contributed by atoms with Gasteiger partial charge in [-0.05, 0) is 55.9 Å². The molecule has 0 aliphatic carbocycles. The molecule has 0 aliphatic heterocycles. The predicted octanol–water partition coefficient (Wildman–Crippen LogP) is 5.51. The number of esters is 1. The Morgan fingerprint density at radius 3 is 2.32 bits per heavy atom. The molecule has 28 heavy (non-hydrogen) atoms. The molecular formula is C24H32O4. The van der Waals surface area contributed by atoms with Crippen LogP contribution in [0.2, 0.25) is 0 Å². The highest BCUT2D eigenvalue weighted by atomic mass is 16.6. The molecule has 2 aromatic carbocycles. The van der Waals surface area contributed by atoms with Gasteiger partial charge in [0.1, 0.15) is 12.4 Å². The summed E-state index contributed by atoms with van der Waals surface area (Å²) in [5, 5.41) is 0. The molecule has 0 saturated carbocycles. The van der Waals surface area contributed by atoms with E-state index in [2.05, 4.69) is 31.2 Å². The van der Waals surface area contributed by atoms with E-state index in [4.69, 9.17) is 14.2 Å². The molecule has 0 aliphatic rings. The summed E-state index contributed by atoms with van der Waals surface area (Å²) < 4.78 is 16.5. The maximum Gasteiger partial charge on any atom is 0.334 e. The van der Waals surface area contributed by atoms with Crippen LogP contribution in [0.5, 0.6) is 5.75 Å². The monoisotopic (exact) mass is 384 g/mol. The maximum atomic E-state index is 11.7.